The van der Waals surface area contributed by atoms with Crippen molar-refractivity contribution in [3.8, 4) is 11.4 Å². The van der Waals surface area contributed by atoms with E-state index in [0.29, 0.717) is 4.77 Å². The van der Waals surface area contributed by atoms with E-state index in [-0.39, 0.29) is 0 Å². The normalized spacial score (nSPS) is 11.1. The number of aryl methyl sites for hydroxylation is 1. The fourth-order valence-electron chi connectivity index (χ4n) is 2.35. The Morgan fingerprint density at radius 2 is 1.91 bits per heavy atom. The third kappa shape index (κ3) is 3.72. The largest absolute Gasteiger partial charge is 0.494 e. The first kappa shape index (κ1) is 16.6. The van der Waals surface area contributed by atoms with Crippen LogP contribution in [0.2, 0.25) is 0 Å². The summed E-state index contributed by atoms with van der Waals surface area (Å²) in [7, 11) is 1.64. The predicted molar refractivity (Wildman–Crippen MR) is 89.1 cm³/mol. The Kier molecular flexibility index (Phi) is 6.09. The number of methoxy groups -OCH3 is 1. The minimum Gasteiger partial charge on any atom is -0.494 e. The van der Waals surface area contributed by atoms with Crippen LogP contribution in [0, 0.1) is 4.77 Å². The minimum absolute atomic E-state index is 0.587. The summed E-state index contributed by atoms with van der Waals surface area (Å²) in [5, 5.41) is 8.33. The zero-order valence-electron chi connectivity index (χ0n) is 13.4. The quantitative estimate of drug-likeness (QED) is 0.699. The van der Waals surface area contributed by atoms with Crippen molar-refractivity contribution in [3.05, 3.63) is 29.0 Å². The third-order valence-corrected chi connectivity index (χ3v) is 4.08. The maximum absolute atomic E-state index is 5.48. The molecule has 0 N–H and O–H groups in total. The molecule has 1 aromatic heterocycles. The molecular weight excluding hydrogens is 298 g/mol. The van der Waals surface area contributed by atoms with Gasteiger partial charge in [-0.3, -0.25) is 0 Å². The smallest absolute Gasteiger partial charge is 0.220 e. The standard InChI is InChI=1S/C15H23N5OS/c1-4-18(5-2)11-8-12-19-15(22)20(17-16-19)13-9-6-7-10-14(13)21-3/h6-7,9-10H,4-5,8,11-12H2,1-3H3. The number of benzene rings is 1. The average Bonchev–Trinajstić information content (AvgIpc) is 2.92. The van der Waals surface area contributed by atoms with E-state index >= 15 is 0 Å². The molecule has 22 heavy (non-hydrogen) atoms. The molecule has 7 heteroatoms. The van der Waals surface area contributed by atoms with E-state index in [1.165, 1.54) is 0 Å². The second-order valence-electron chi connectivity index (χ2n) is 4.95. The number of hydrogen-bond donors (Lipinski definition) is 0. The van der Waals surface area contributed by atoms with Gasteiger partial charge in [0.2, 0.25) is 4.77 Å². The first-order chi connectivity index (χ1) is 10.7. The van der Waals surface area contributed by atoms with Crippen LogP contribution in [-0.4, -0.2) is 51.4 Å². The summed E-state index contributed by atoms with van der Waals surface area (Å²) in [6.07, 6.45) is 1.00. The number of aromatic nitrogens is 4. The predicted octanol–water partition coefficient (Wildman–Crippen LogP) is 2.54. The fraction of sp³-hybridized carbons (Fsp3) is 0.533. The molecule has 0 atom stereocenters. The molecule has 0 fully saturated rings. The zero-order chi connectivity index (χ0) is 15.9. The van der Waals surface area contributed by atoms with Crippen molar-refractivity contribution < 1.29 is 4.74 Å². The Morgan fingerprint density at radius 1 is 1.18 bits per heavy atom. The van der Waals surface area contributed by atoms with Gasteiger partial charge in [-0.25, -0.2) is 4.68 Å². The topological polar surface area (TPSA) is 48.1 Å². The molecule has 0 saturated carbocycles. The van der Waals surface area contributed by atoms with Crippen molar-refractivity contribution in [2.24, 2.45) is 0 Å². The van der Waals surface area contributed by atoms with Gasteiger partial charge in [-0.2, -0.15) is 4.68 Å². The van der Waals surface area contributed by atoms with E-state index in [0.717, 1.165) is 44.0 Å². The summed E-state index contributed by atoms with van der Waals surface area (Å²) in [5.74, 6) is 0.730. The Morgan fingerprint density at radius 3 is 2.59 bits per heavy atom. The molecule has 0 unspecified atom stereocenters. The number of hydrogen-bond acceptors (Lipinski definition) is 5. The van der Waals surface area contributed by atoms with E-state index in [1.54, 1.807) is 16.5 Å². The number of tetrazole rings is 1. The monoisotopic (exact) mass is 321 g/mol. The summed E-state index contributed by atoms with van der Waals surface area (Å²) in [6, 6.07) is 7.65. The SMILES string of the molecule is CCN(CC)CCCn1nnn(-c2ccccc2OC)c1=S. The maximum atomic E-state index is 5.48. The molecule has 6 nitrogen and oxygen atoms in total. The van der Waals surface area contributed by atoms with Gasteiger partial charge in [0, 0.05) is 6.54 Å². The Balaban J connectivity index is 2.11. The molecule has 0 aliphatic rings. The molecule has 2 rings (SSSR count). The Labute approximate surface area is 136 Å². The van der Waals surface area contributed by atoms with E-state index < -0.39 is 0 Å². The lowest BCUT2D eigenvalue weighted by atomic mass is 10.3. The summed E-state index contributed by atoms with van der Waals surface area (Å²) in [6.45, 7) is 8.28. The van der Waals surface area contributed by atoms with Crippen LogP contribution in [0.3, 0.4) is 0 Å². The van der Waals surface area contributed by atoms with Crippen molar-refractivity contribution in [1.82, 2.24) is 24.7 Å². The highest BCUT2D eigenvalue weighted by Gasteiger charge is 2.10. The Bertz CT molecular complexity index is 647. The first-order valence-electron chi connectivity index (χ1n) is 7.59. The third-order valence-electron chi connectivity index (χ3n) is 3.69. The molecular formula is C15H23N5OS. The second kappa shape index (κ2) is 8.05. The molecule has 1 heterocycles. The highest BCUT2D eigenvalue weighted by molar-refractivity contribution is 7.71. The molecule has 0 amide bonds. The van der Waals surface area contributed by atoms with E-state index in [1.807, 2.05) is 24.3 Å². The van der Waals surface area contributed by atoms with Crippen LogP contribution in [-0.2, 0) is 6.54 Å². The maximum Gasteiger partial charge on any atom is 0.220 e. The number of rotatable bonds is 8. The van der Waals surface area contributed by atoms with Crippen molar-refractivity contribution in [1.29, 1.82) is 0 Å². The van der Waals surface area contributed by atoms with Crippen molar-refractivity contribution in [2.45, 2.75) is 26.8 Å². The van der Waals surface area contributed by atoms with Gasteiger partial charge in [-0.1, -0.05) is 26.0 Å². The lowest BCUT2D eigenvalue weighted by Crippen LogP contribution is -2.25. The van der Waals surface area contributed by atoms with Gasteiger partial charge in [0.1, 0.15) is 11.4 Å². The van der Waals surface area contributed by atoms with Crippen LogP contribution in [0.5, 0.6) is 5.75 Å². The molecule has 0 aliphatic carbocycles. The summed E-state index contributed by atoms with van der Waals surface area (Å²) < 4.78 is 9.36. The minimum atomic E-state index is 0.587. The molecule has 0 aliphatic heterocycles. The summed E-state index contributed by atoms with van der Waals surface area (Å²) in [5.41, 5.74) is 0.810. The summed E-state index contributed by atoms with van der Waals surface area (Å²) in [4.78, 5) is 2.38. The van der Waals surface area contributed by atoms with Gasteiger partial charge < -0.3 is 9.64 Å². The lowest BCUT2D eigenvalue weighted by Gasteiger charge is -2.17. The molecule has 2 aromatic rings. The second-order valence-corrected chi connectivity index (χ2v) is 5.31. The van der Waals surface area contributed by atoms with E-state index in [9.17, 15) is 0 Å². The lowest BCUT2D eigenvalue weighted by molar-refractivity contribution is 0.290. The molecule has 0 bridgehead atoms. The van der Waals surface area contributed by atoms with Gasteiger partial charge in [-0.15, -0.1) is 0 Å². The van der Waals surface area contributed by atoms with Gasteiger partial charge in [0.25, 0.3) is 0 Å². The Hall–Kier alpha value is -1.73. The van der Waals surface area contributed by atoms with Crippen LogP contribution < -0.4 is 4.74 Å². The van der Waals surface area contributed by atoms with E-state index in [2.05, 4.69) is 29.2 Å². The highest BCUT2D eigenvalue weighted by Crippen LogP contribution is 2.21. The zero-order valence-corrected chi connectivity index (χ0v) is 14.2. The number of para-hydroxylation sites is 2. The van der Waals surface area contributed by atoms with Crippen molar-refractivity contribution >= 4 is 12.2 Å². The van der Waals surface area contributed by atoms with Crippen LogP contribution in [0.4, 0.5) is 0 Å². The molecule has 1 aromatic carbocycles. The molecule has 120 valence electrons. The molecule has 0 spiro atoms. The van der Waals surface area contributed by atoms with Gasteiger partial charge in [-0.05, 0) is 60.8 Å². The first-order valence-corrected chi connectivity index (χ1v) is 8.00. The van der Waals surface area contributed by atoms with Crippen LogP contribution in [0.15, 0.2) is 24.3 Å². The van der Waals surface area contributed by atoms with Crippen molar-refractivity contribution in [3.63, 3.8) is 0 Å². The molecule has 0 radical (unpaired) electrons. The van der Waals surface area contributed by atoms with Crippen molar-refractivity contribution in [2.75, 3.05) is 26.7 Å². The highest BCUT2D eigenvalue weighted by atomic mass is 32.1. The van der Waals surface area contributed by atoms with Gasteiger partial charge in [0.05, 0.1) is 7.11 Å². The molecule has 0 saturated heterocycles. The van der Waals surface area contributed by atoms with Crippen LogP contribution in [0.1, 0.15) is 20.3 Å². The van der Waals surface area contributed by atoms with Crippen LogP contribution in [0.25, 0.3) is 5.69 Å². The summed E-state index contributed by atoms with van der Waals surface area (Å²) >= 11 is 5.48. The van der Waals surface area contributed by atoms with Gasteiger partial charge in [0.15, 0.2) is 0 Å². The van der Waals surface area contributed by atoms with Gasteiger partial charge >= 0.3 is 0 Å². The van der Waals surface area contributed by atoms with Crippen LogP contribution >= 0.6 is 12.2 Å². The average molecular weight is 321 g/mol. The fourth-order valence-corrected chi connectivity index (χ4v) is 2.62. The van der Waals surface area contributed by atoms with E-state index in [4.69, 9.17) is 17.0 Å². The number of ether oxygens (including phenoxy) is 1. The number of nitrogens with zero attached hydrogens (tertiary/aromatic N) is 5.